The topological polar surface area (TPSA) is 29.9 Å². The molecule has 1 aliphatic carbocycles. The largest absolute Gasteiger partial charge is 0.325 e. The molecule has 1 aromatic carbocycles. The van der Waals surface area contributed by atoms with Crippen LogP contribution in [0.4, 0.5) is 11.6 Å². The molecule has 1 aliphatic rings. The molecule has 1 N–H and O–H groups in total. The van der Waals surface area contributed by atoms with Crippen LogP contribution < -0.4 is 5.32 Å². The van der Waals surface area contributed by atoms with E-state index in [-0.39, 0.29) is 0 Å². The van der Waals surface area contributed by atoms with E-state index in [9.17, 15) is 0 Å². The lowest BCUT2D eigenvalue weighted by atomic mass is 9.95. The van der Waals surface area contributed by atoms with Gasteiger partial charge < -0.3 is 9.88 Å². The van der Waals surface area contributed by atoms with Crippen molar-refractivity contribution in [1.29, 1.82) is 0 Å². The van der Waals surface area contributed by atoms with Crippen LogP contribution in [0.2, 0.25) is 0 Å². The van der Waals surface area contributed by atoms with E-state index in [1.54, 1.807) is 0 Å². The minimum Gasteiger partial charge on any atom is -0.325 e. The number of halogens is 1. The molecular weight excluding hydrogens is 326 g/mol. The molecule has 0 aliphatic heterocycles. The SMILES string of the molecule is Cc1ccc(Nc2nc(C)cn2C2CCCCC2)c(Br)c1. The third kappa shape index (κ3) is 3.31. The number of rotatable bonds is 3. The molecule has 0 amide bonds. The Morgan fingerprint density at radius 1 is 1.19 bits per heavy atom. The van der Waals surface area contributed by atoms with Crippen LogP contribution in [0.5, 0.6) is 0 Å². The Balaban J connectivity index is 1.87. The van der Waals surface area contributed by atoms with E-state index in [1.807, 2.05) is 0 Å². The van der Waals surface area contributed by atoms with E-state index in [0.717, 1.165) is 21.8 Å². The molecule has 0 bridgehead atoms. The van der Waals surface area contributed by atoms with Crippen molar-refractivity contribution in [2.45, 2.75) is 52.0 Å². The molecule has 21 heavy (non-hydrogen) atoms. The highest BCUT2D eigenvalue weighted by Gasteiger charge is 2.19. The minimum atomic E-state index is 0.590. The fourth-order valence-electron chi connectivity index (χ4n) is 3.09. The molecule has 0 saturated heterocycles. The number of benzene rings is 1. The van der Waals surface area contributed by atoms with Gasteiger partial charge in [-0.2, -0.15) is 0 Å². The first kappa shape index (κ1) is 14.6. The van der Waals surface area contributed by atoms with Crippen molar-refractivity contribution in [1.82, 2.24) is 9.55 Å². The summed E-state index contributed by atoms with van der Waals surface area (Å²) >= 11 is 3.63. The van der Waals surface area contributed by atoms with Gasteiger partial charge in [0.25, 0.3) is 0 Å². The van der Waals surface area contributed by atoms with Crippen molar-refractivity contribution in [3.8, 4) is 0 Å². The summed E-state index contributed by atoms with van der Waals surface area (Å²) in [6.45, 7) is 4.16. The quantitative estimate of drug-likeness (QED) is 0.792. The van der Waals surface area contributed by atoms with Crippen molar-refractivity contribution in [3.05, 3.63) is 40.1 Å². The summed E-state index contributed by atoms with van der Waals surface area (Å²) in [6.07, 6.45) is 8.74. The molecule has 2 aromatic rings. The van der Waals surface area contributed by atoms with Crippen LogP contribution in [0.15, 0.2) is 28.9 Å². The van der Waals surface area contributed by atoms with Gasteiger partial charge in [-0.25, -0.2) is 4.98 Å². The van der Waals surface area contributed by atoms with E-state index < -0.39 is 0 Å². The Morgan fingerprint density at radius 2 is 1.95 bits per heavy atom. The van der Waals surface area contributed by atoms with Gasteiger partial charge in [0.1, 0.15) is 0 Å². The molecule has 0 radical (unpaired) electrons. The number of hydrogen-bond donors (Lipinski definition) is 1. The summed E-state index contributed by atoms with van der Waals surface area (Å²) in [4.78, 5) is 4.68. The molecule has 1 saturated carbocycles. The summed E-state index contributed by atoms with van der Waals surface area (Å²) in [5.41, 5.74) is 3.40. The lowest BCUT2D eigenvalue weighted by Gasteiger charge is -2.25. The summed E-state index contributed by atoms with van der Waals surface area (Å²) in [5, 5.41) is 3.49. The minimum absolute atomic E-state index is 0.590. The average molecular weight is 348 g/mol. The van der Waals surface area contributed by atoms with Crippen LogP contribution in [0.3, 0.4) is 0 Å². The van der Waals surface area contributed by atoms with E-state index in [4.69, 9.17) is 0 Å². The molecule has 1 fully saturated rings. The molecule has 4 heteroatoms. The molecule has 3 rings (SSSR count). The first-order valence-electron chi connectivity index (χ1n) is 7.72. The Morgan fingerprint density at radius 3 is 2.67 bits per heavy atom. The van der Waals surface area contributed by atoms with Crippen molar-refractivity contribution in [2.24, 2.45) is 0 Å². The van der Waals surface area contributed by atoms with Crippen LogP contribution in [0.25, 0.3) is 0 Å². The number of imidazole rings is 1. The monoisotopic (exact) mass is 347 g/mol. The predicted molar refractivity (Wildman–Crippen MR) is 91.2 cm³/mol. The second kappa shape index (κ2) is 6.22. The summed E-state index contributed by atoms with van der Waals surface area (Å²) in [6, 6.07) is 6.94. The predicted octanol–water partition coefficient (Wildman–Crippen LogP) is 5.51. The molecule has 0 spiro atoms. The highest BCUT2D eigenvalue weighted by molar-refractivity contribution is 9.10. The number of nitrogens with one attached hydrogen (secondary N) is 1. The zero-order valence-corrected chi connectivity index (χ0v) is 14.3. The molecule has 0 unspecified atom stereocenters. The van der Waals surface area contributed by atoms with Crippen molar-refractivity contribution >= 4 is 27.6 Å². The Hall–Kier alpha value is -1.29. The van der Waals surface area contributed by atoms with E-state index in [2.05, 4.69) is 69.0 Å². The van der Waals surface area contributed by atoms with Crippen LogP contribution >= 0.6 is 15.9 Å². The number of hydrogen-bond acceptors (Lipinski definition) is 2. The van der Waals surface area contributed by atoms with Crippen LogP contribution in [0.1, 0.15) is 49.4 Å². The van der Waals surface area contributed by atoms with Gasteiger partial charge in [0.05, 0.1) is 11.4 Å². The van der Waals surface area contributed by atoms with Gasteiger partial charge in [0.2, 0.25) is 5.95 Å². The van der Waals surface area contributed by atoms with Gasteiger partial charge in [0.15, 0.2) is 0 Å². The third-order valence-electron chi connectivity index (χ3n) is 4.19. The number of aryl methyl sites for hydroxylation is 2. The molecule has 3 nitrogen and oxygen atoms in total. The smallest absolute Gasteiger partial charge is 0.207 e. The van der Waals surface area contributed by atoms with E-state index in [1.165, 1.54) is 37.7 Å². The Kier molecular flexibility index (Phi) is 4.34. The van der Waals surface area contributed by atoms with Gasteiger partial charge in [0, 0.05) is 16.7 Å². The van der Waals surface area contributed by atoms with Gasteiger partial charge in [-0.1, -0.05) is 25.3 Å². The van der Waals surface area contributed by atoms with Gasteiger partial charge in [-0.05, 0) is 60.3 Å². The molecule has 112 valence electrons. The maximum atomic E-state index is 4.68. The molecule has 0 atom stereocenters. The fourth-order valence-corrected chi connectivity index (χ4v) is 3.68. The highest BCUT2D eigenvalue weighted by atomic mass is 79.9. The van der Waals surface area contributed by atoms with E-state index in [0.29, 0.717) is 6.04 Å². The lowest BCUT2D eigenvalue weighted by molar-refractivity contribution is 0.356. The van der Waals surface area contributed by atoms with Crippen LogP contribution in [-0.4, -0.2) is 9.55 Å². The summed E-state index contributed by atoms with van der Waals surface area (Å²) < 4.78 is 3.42. The second-order valence-corrected chi connectivity index (χ2v) is 6.87. The van der Waals surface area contributed by atoms with Gasteiger partial charge in [-0.15, -0.1) is 0 Å². The van der Waals surface area contributed by atoms with Gasteiger partial charge in [-0.3, -0.25) is 0 Å². The molecule has 1 heterocycles. The molecular formula is C17H22BrN3. The normalized spacial score (nSPS) is 16.1. The first-order chi connectivity index (χ1) is 10.1. The van der Waals surface area contributed by atoms with Crippen LogP contribution in [-0.2, 0) is 0 Å². The summed E-state index contributed by atoms with van der Waals surface area (Å²) in [7, 11) is 0. The zero-order chi connectivity index (χ0) is 14.8. The number of nitrogens with zero attached hydrogens (tertiary/aromatic N) is 2. The van der Waals surface area contributed by atoms with Crippen LogP contribution in [0, 0.1) is 13.8 Å². The third-order valence-corrected chi connectivity index (χ3v) is 4.85. The summed E-state index contributed by atoms with van der Waals surface area (Å²) in [5.74, 6) is 0.962. The lowest BCUT2D eigenvalue weighted by Crippen LogP contribution is -2.14. The molecule has 1 aromatic heterocycles. The van der Waals surface area contributed by atoms with Crippen molar-refractivity contribution in [3.63, 3.8) is 0 Å². The standard InChI is InChI=1S/C17H22BrN3/c1-12-8-9-16(15(18)10-12)20-17-19-13(2)11-21(17)14-6-4-3-5-7-14/h8-11,14H,3-7H2,1-2H3,(H,19,20). The maximum Gasteiger partial charge on any atom is 0.207 e. The second-order valence-electron chi connectivity index (χ2n) is 6.01. The number of anilines is 2. The Bertz CT molecular complexity index is 627. The van der Waals surface area contributed by atoms with Crippen molar-refractivity contribution in [2.75, 3.05) is 5.32 Å². The first-order valence-corrected chi connectivity index (χ1v) is 8.51. The van der Waals surface area contributed by atoms with Gasteiger partial charge >= 0.3 is 0 Å². The highest BCUT2D eigenvalue weighted by Crippen LogP contribution is 2.33. The number of aromatic nitrogens is 2. The maximum absolute atomic E-state index is 4.68. The average Bonchev–Trinajstić information content (AvgIpc) is 2.84. The van der Waals surface area contributed by atoms with E-state index >= 15 is 0 Å². The Labute approximate surface area is 134 Å². The fraction of sp³-hybridized carbons (Fsp3) is 0.471. The van der Waals surface area contributed by atoms with Crippen molar-refractivity contribution < 1.29 is 0 Å². The zero-order valence-electron chi connectivity index (χ0n) is 12.7.